The van der Waals surface area contributed by atoms with E-state index in [0.717, 1.165) is 24.8 Å². The molecule has 2 aromatic heterocycles. The minimum absolute atomic E-state index is 0. The molecule has 124 valence electrons. The van der Waals surface area contributed by atoms with Crippen molar-refractivity contribution in [1.82, 2.24) is 9.97 Å². The Morgan fingerprint density at radius 1 is 1.22 bits per heavy atom. The van der Waals surface area contributed by atoms with Gasteiger partial charge < -0.3 is 10.6 Å². The Bertz CT molecular complexity index is 667. The van der Waals surface area contributed by atoms with Crippen LogP contribution in [0, 0.1) is 5.92 Å². The highest BCUT2D eigenvalue weighted by Gasteiger charge is 2.51. The standard InChI is InChI=1S/C14H15N5S2.2ClH/c15-12-18-14(11-3-1-6-20-11)9-19(7-10(14)8-21-12)13-16-4-2-5-17-13;;/h1-6,10H,7-9H2,(H2,15,18);2*1H/t10-,14?;;/m0../s1. The van der Waals surface area contributed by atoms with E-state index < -0.39 is 0 Å². The molecular formula is C14H17Cl2N5S2. The predicted octanol–water partition coefficient (Wildman–Crippen LogP) is 2.77. The second-order valence-corrected chi connectivity index (χ2v) is 7.28. The van der Waals surface area contributed by atoms with E-state index in [1.54, 1.807) is 35.5 Å². The van der Waals surface area contributed by atoms with Crippen molar-refractivity contribution in [3.63, 3.8) is 0 Å². The Morgan fingerprint density at radius 3 is 2.70 bits per heavy atom. The van der Waals surface area contributed by atoms with Gasteiger partial charge in [-0.2, -0.15) is 0 Å². The molecule has 0 aromatic carbocycles. The van der Waals surface area contributed by atoms with E-state index in [9.17, 15) is 0 Å². The van der Waals surface area contributed by atoms with E-state index in [-0.39, 0.29) is 30.4 Å². The van der Waals surface area contributed by atoms with Gasteiger partial charge in [0, 0.05) is 35.5 Å². The summed E-state index contributed by atoms with van der Waals surface area (Å²) in [5, 5.41) is 2.80. The molecule has 0 saturated carbocycles. The van der Waals surface area contributed by atoms with E-state index in [1.807, 2.05) is 6.07 Å². The largest absolute Gasteiger partial charge is 0.379 e. The van der Waals surface area contributed by atoms with Crippen LogP contribution in [0.1, 0.15) is 4.88 Å². The summed E-state index contributed by atoms with van der Waals surface area (Å²) in [6.07, 6.45) is 3.57. The van der Waals surface area contributed by atoms with Crippen LogP contribution >= 0.6 is 47.9 Å². The smallest absolute Gasteiger partial charge is 0.225 e. The number of anilines is 1. The molecule has 9 heteroatoms. The third kappa shape index (κ3) is 3.15. The van der Waals surface area contributed by atoms with E-state index in [2.05, 4.69) is 32.4 Å². The zero-order valence-electron chi connectivity index (χ0n) is 12.2. The molecule has 1 fully saturated rings. The molecule has 0 radical (unpaired) electrons. The van der Waals surface area contributed by atoms with Gasteiger partial charge in [0.2, 0.25) is 5.95 Å². The molecule has 2 aromatic rings. The van der Waals surface area contributed by atoms with Crippen molar-refractivity contribution < 1.29 is 0 Å². The zero-order valence-corrected chi connectivity index (χ0v) is 15.4. The van der Waals surface area contributed by atoms with Crippen molar-refractivity contribution in [3.05, 3.63) is 40.8 Å². The fraction of sp³-hybridized carbons (Fsp3) is 0.357. The van der Waals surface area contributed by atoms with Crippen LogP contribution in [0.15, 0.2) is 41.0 Å². The molecule has 2 atom stereocenters. The summed E-state index contributed by atoms with van der Waals surface area (Å²) in [6.45, 7) is 1.72. The van der Waals surface area contributed by atoms with Crippen molar-refractivity contribution in [1.29, 1.82) is 0 Å². The van der Waals surface area contributed by atoms with Crippen LogP contribution in [0.25, 0.3) is 0 Å². The molecule has 4 heterocycles. The molecule has 2 aliphatic rings. The highest BCUT2D eigenvalue weighted by Crippen LogP contribution is 2.47. The van der Waals surface area contributed by atoms with Crippen molar-refractivity contribution in [2.45, 2.75) is 5.54 Å². The van der Waals surface area contributed by atoms with E-state index in [4.69, 9.17) is 10.7 Å². The lowest BCUT2D eigenvalue weighted by molar-refractivity contribution is 0.395. The van der Waals surface area contributed by atoms with Gasteiger partial charge in [-0.25, -0.2) is 15.0 Å². The Balaban J connectivity index is 0.000000960. The first-order valence-corrected chi connectivity index (χ1v) is 8.68. The maximum absolute atomic E-state index is 6.03. The van der Waals surface area contributed by atoms with Crippen LogP contribution in [0.5, 0.6) is 0 Å². The number of amidine groups is 1. The van der Waals surface area contributed by atoms with Gasteiger partial charge in [0.25, 0.3) is 0 Å². The van der Waals surface area contributed by atoms with Gasteiger partial charge in [0.15, 0.2) is 5.17 Å². The first-order valence-electron chi connectivity index (χ1n) is 6.82. The number of hydrogen-bond donors (Lipinski definition) is 1. The first-order chi connectivity index (χ1) is 10.3. The quantitative estimate of drug-likeness (QED) is 0.854. The summed E-state index contributed by atoms with van der Waals surface area (Å²) in [6, 6.07) is 6.09. The number of nitrogens with two attached hydrogens (primary N) is 1. The average molecular weight is 390 g/mol. The summed E-state index contributed by atoms with van der Waals surface area (Å²) >= 11 is 3.41. The van der Waals surface area contributed by atoms with Gasteiger partial charge in [-0.05, 0) is 17.5 Å². The molecule has 0 bridgehead atoms. The minimum Gasteiger partial charge on any atom is -0.379 e. The average Bonchev–Trinajstić information content (AvgIpc) is 3.15. The van der Waals surface area contributed by atoms with Gasteiger partial charge in [-0.3, -0.25) is 0 Å². The van der Waals surface area contributed by atoms with E-state index in [0.29, 0.717) is 11.1 Å². The highest BCUT2D eigenvalue weighted by molar-refractivity contribution is 8.13. The second kappa shape index (κ2) is 7.25. The van der Waals surface area contributed by atoms with Gasteiger partial charge in [0.05, 0.1) is 6.54 Å². The monoisotopic (exact) mass is 389 g/mol. The third-order valence-electron chi connectivity index (χ3n) is 4.07. The predicted molar refractivity (Wildman–Crippen MR) is 102 cm³/mol. The summed E-state index contributed by atoms with van der Waals surface area (Å²) in [5.41, 5.74) is 5.80. The zero-order chi connectivity index (χ0) is 14.3. The van der Waals surface area contributed by atoms with Crippen molar-refractivity contribution >= 4 is 59.0 Å². The number of thioether (sulfide) groups is 1. The van der Waals surface area contributed by atoms with Gasteiger partial charge in [0.1, 0.15) is 5.54 Å². The molecule has 0 amide bonds. The number of aliphatic imine (C=N–C) groups is 1. The number of halogens is 2. The number of hydrogen-bond acceptors (Lipinski definition) is 7. The minimum atomic E-state index is -0.233. The lowest BCUT2D eigenvalue weighted by atomic mass is 9.87. The van der Waals surface area contributed by atoms with Gasteiger partial charge >= 0.3 is 0 Å². The number of fused-ring (bicyclic) bond motifs is 1. The molecule has 4 rings (SSSR count). The fourth-order valence-corrected chi connectivity index (χ4v) is 5.02. The summed E-state index contributed by atoms with van der Waals surface area (Å²) in [5.74, 6) is 2.22. The summed E-state index contributed by atoms with van der Waals surface area (Å²) < 4.78 is 0. The van der Waals surface area contributed by atoms with Crippen molar-refractivity contribution in [2.24, 2.45) is 16.6 Å². The Hall–Kier alpha value is -1.02. The Labute approximate surface area is 155 Å². The summed E-state index contributed by atoms with van der Waals surface area (Å²) in [7, 11) is 0. The lowest BCUT2D eigenvalue weighted by Crippen LogP contribution is -2.39. The van der Waals surface area contributed by atoms with Crippen LogP contribution in [0.3, 0.4) is 0 Å². The Morgan fingerprint density at radius 2 is 2.00 bits per heavy atom. The van der Waals surface area contributed by atoms with Crippen LogP contribution in [-0.2, 0) is 5.54 Å². The molecule has 23 heavy (non-hydrogen) atoms. The van der Waals surface area contributed by atoms with Gasteiger partial charge in [-0.1, -0.05) is 17.8 Å². The van der Waals surface area contributed by atoms with E-state index >= 15 is 0 Å². The topological polar surface area (TPSA) is 67.4 Å². The second-order valence-electron chi connectivity index (χ2n) is 5.29. The van der Waals surface area contributed by atoms with Crippen molar-refractivity contribution in [3.8, 4) is 0 Å². The molecule has 0 aliphatic carbocycles. The lowest BCUT2D eigenvalue weighted by Gasteiger charge is -2.33. The number of nitrogens with zero attached hydrogens (tertiary/aromatic N) is 4. The van der Waals surface area contributed by atoms with Crippen LogP contribution < -0.4 is 10.6 Å². The van der Waals surface area contributed by atoms with Crippen LogP contribution in [0.4, 0.5) is 5.95 Å². The van der Waals surface area contributed by atoms with Crippen LogP contribution in [-0.4, -0.2) is 34.0 Å². The molecule has 5 nitrogen and oxygen atoms in total. The molecular weight excluding hydrogens is 373 g/mol. The normalized spacial score (nSPS) is 25.8. The molecule has 1 unspecified atom stereocenters. The number of rotatable bonds is 2. The maximum Gasteiger partial charge on any atom is 0.225 e. The summed E-state index contributed by atoms with van der Waals surface area (Å²) in [4.78, 5) is 17.1. The molecule has 2 aliphatic heterocycles. The maximum atomic E-state index is 6.03. The number of aromatic nitrogens is 2. The third-order valence-corrected chi connectivity index (χ3v) is 6.07. The fourth-order valence-electron chi connectivity index (χ4n) is 3.10. The highest BCUT2D eigenvalue weighted by atomic mass is 35.5. The first kappa shape index (κ1) is 18.3. The van der Waals surface area contributed by atoms with Gasteiger partial charge in [-0.15, -0.1) is 36.2 Å². The van der Waals surface area contributed by atoms with Crippen LogP contribution in [0.2, 0.25) is 0 Å². The Kier molecular flexibility index (Phi) is 5.78. The van der Waals surface area contributed by atoms with Crippen molar-refractivity contribution in [2.75, 3.05) is 23.7 Å². The number of thiophene rings is 1. The molecule has 1 saturated heterocycles. The van der Waals surface area contributed by atoms with E-state index in [1.165, 1.54) is 4.88 Å². The molecule has 2 N–H and O–H groups in total. The SMILES string of the molecule is Cl.Cl.NC1=NC2(c3cccs3)CN(c3ncccn3)C[C@H]2CS1. The molecule has 0 spiro atoms.